The molecule has 0 aromatic carbocycles. The summed E-state index contributed by atoms with van der Waals surface area (Å²) in [4.78, 5) is 0. The van der Waals surface area contributed by atoms with Gasteiger partial charge in [0.25, 0.3) is 0 Å². The van der Waals surface area contributed by atoms with Crippen molar-refractivity contribution in [3.05, 3.63) is 36.0 Å². The Kier molecular flexibility index (Phi) is 14.0. The molecule has 0 rings (SSSR count). The van der Waals surface area contributed by atoms with Gasteiger partial charge in [-0.05, 0) is 0 Å². The van der Waals surface area contributed by atoms with Gasteiger partial charge in [-0.2, -0.15) is 0 Å². The molecule has 0 aromatic rings. The summed E-state index contributed by atoms with van der Waals surface area (Å²) in [6.45, 7) is 6.87. The van der Waals surface area contributed by atoms with Crippen LogP contribution in [-0.2, 0) is 19.4 Å². The van der Waals surface area contributed by atoms with Gasteiger partial charge in [-0.1, -0.05) is 6.92 Å². The van der Waals surface area contributed by atoms with Crippen molar-refractivity contribution in [2.75, 3.05) is 0 Å². The first-order valence-corrected chi connectivity index (χ1v) is 9.41. The normalized spacial score (nSPS) is 14.4. The zero-order valence-corrected chi connectivity index (χ0v) is 15.8. The average molecular weight is 430 g/mol. The molecule has 0 nitrogen and oxygen atoms in total. The number of allylic oxidation sites excluding steroid dienone is 6. The monoisotopic (exact) mass is 430 g/mol. The zero-order chi connectivity index (χ0) is 14.3. The van der Waals surface area contributed by atoms with E-state index in [1.807, 2.05) is 0 Å². The molecular weight excluding hydrogens is 400 g/mol. The van der Waals surface area contributed by atoms with E-state index in [1.54, 1.807) is 19.4 Å². The summed E-state index contributed by atoms with van der Waals surface area (Å²) in [5.74, 6) is 0.872. The summed E-state index contributed by atoms with van der Waals surface area (Å²) >= 11 is 1.55. The van der Waals surface area contributed by atoms with Gasteiger partial charge in [0.05, 0.1) is 0 Å². The minimum Gasteiger partial charge on any atom is -0.0654 e. The predicted octanol–water partition coefficient (Wildman–Crippen LogP) is 5.78. The van der Waals surface area contributed by atoms with Crippen molar-refractivity contribution in [3.63, 3.8) is 0 Å². The van der Waals surface area contributed by atoms with Crippen LogP contribution >= 0.6 is 0 Å². The first kappa shape index (κ1) is 18.8. The van der Waals surface area contributed by atoms with Gasteiger partial charge >= 0.3 is 124 Å². The smallest absolute Gasteiger partial charge is 0.0654 e. The molecule has 0 fully saturated rings. The molecule has 0 radical (unpaired) electrons. The number of hydrogen-bond donors (Lipinski definition) is 0. The molecule has 0 aliphatic carbocycles. The molecule has 0 saturated carbocycles. The topological polar surface area (TPSA) is 0 Å². The van der Waals surface area contributed by atoms with Crippen LogP contribution in [0.25, 0.3) is 0 Å². The molecule has 0 aromatic heterocycles. The molecule has 1 atom stereocenters. The first-order valence-electron chi connectivity index (χ1n) is 7.72. The van der Waals surface area contributed by atoms with Crippen LogP contribution in [0, 0.1) is 5.92 Å². The molecule has 1 unspecified atom stereocenters. The van der Waals surface area contributed by atoms with Gasteiger partial charge < -0.3 is 0 Å². The Labute approximate surface area is 131 Å². The summed E-state index contributed by atoms with van der Waals surface area (Å²) in [5.41, 5.74) is 1.48. The maximum atomic E-state index is 2.36. The van der Waals surface area contributed by atoms with Gasteiger partial charge in [-0.3, -0.25) is 0 Å². The molecule has 0 amide bonds. The number of hydrogen-bond acceptors (Lipinski definition) is 0. The molecule has 0 bridgehead atoms. The molecule has 1 heteroatoms. The van der Waals surface area contributed by atoms with E-state index in [4.69, 9.17) is 0 Å². The third-order valence-electron chi connectivity index (χ3n) is 3.25. The van der Waals surface area contributed by atoms with Gasteiger partial charge in [0.1, 0.15) is 0 Å². The average Bonchev–Trinajstić information content (AvgIpc) is 2.41. The van der Waals surface area contributed by atoms with Crippen LogP contribution in [0.15, 0.2) is 36.0 Å². The molecule has 19 heavy (non-hydrogen) atoms. The maximum absolute atomic E-state index is 2.36. The van der Waals surface area contributed by atoms with Crippen molar-refractivity contribution in [2.45, 2.75) is 65.7 Å². The van der Waals surface area contributed by atoms with E-state index < -0.39 is 0 Å². The van der Waals surface area contributed by atoms with E-state index in [9.17, 15) is 0 Å². The minimum absolute atomic E-state index is 0.872. The van der Waals surface area contributed by atoms with Gasteiger partial charge in [0, 0.05) is 0 Å². The van der Waals surface area contributed by atoms with E-state index in [2.05, 4.69) is 55.6 Å². The van der Waals surface area contributed by atoms with E-state index in [1.165, 1.54) is 50.5 Å². The van der Waals surface area contributed by atoms with Gasteiger partial charge in [-0.25, -0.2) is 0 Å². The second-order valence-electron chi connectivity index (χ2n) is 5.25. The standard InChI is InChI=1S/C18H30.W/c1-5-7-14-18(4)16-12-10-8-9-11-15-17(3)13-6-2;/h4,8-10,12,16-17H,5-7,11,13-15H2,1-3H3;/b9-8?,12-10?,18-16+;. The summed E-state index contributed by atoms with van der Waals surface area (Å²) in [7, 11) is 0. The molecule has 0 saturated heterocycles. The van der Waals surface area contributed by atoms with Crippen molar-refractivity contribution in [1.29, 1.82) is 0 Å². The molecule has 0 heterocycles. The molecule has 108 valence electrons. The Morgan fingerprint density at radius 3 is 2.47 bits per heavy atom. The van der Waals surface area contributed by atoms with Crippen molar-refractivity contribution >= 4 is 4.40 Å². The van der Waals surface area contributed by atoms with Crippen molar-refractivity contribution in [1.82, 2.24) is 0 Å². The van der Waals surface area contributed by atoms with Gasteiger partial charge in [0.2, 0.25) is 0 Å². The third-order valence-corrected chi connectivity index (χ3v) is 4.33. The van der Waals surface area contributed by atoms with E-state index in [0.29, 0.717) is 0 Å². The van der Waals surface area contributed by atoms with E-state index in [-0.39, 0.29) is 0 Å². The molecule has 0 aliphatic rings. The van der Waals surface area contributed by atoms with Crippen molar-refractivity contribution in [3.8, 4) is 0 Å². The van der Waals surface area contributed by atoms with Crippen LogP contribution in [0.5, 0.6) is 0 Å². The molecular formula is C18H30W. The molecule has 0 aliphatic heterocycles. The summed E-state index contributed by atoms with van der Waals surface area (Å²) in [6.07, 6.45) is 20.1. The van der Waals surface area contributed by atoms with Crippen LogP contribution in [0.1, 0.15) is 65.7 Å². The fourth-order valence-corrected chi connectivity index (χ4v) is 2.70. The molecule has 0 N–H and O–H groups in total. The minimum atomic E-state index is 0.872. The fourth-order valence-electron chi connectivity index (χ4n) is 2.00. The quantitative estimate of drug-likeness (QED) is 0.365. The molecule has 0 spiro atoms. The van der Waals surface area contributed by atoms with Gasteiger partial charge in [0.15, 0.2) is 0 Å². The Balaban J connectivity index is 3.87. The Morgan fingerprint density at radius 1 is 1.05 bits per heavy atom. The van der Waals surface area contributed by atoms with Crippen LogP contribution < -0.4 is 0 Å². The number of unbranched alkanes of at least 4 members (excludes halogenated alkanes) is 1. The second kappa shape index (κ2) is 14.2. The zero-order valence-electron chi connectivity index (χ0n) is 12.9. The van der Waals surface area contributed by atoms with Crippen LogP contribution in [0.2, 0.25) is 0 Å². The van der Waals surface area contributed by atoms with Crippen LogP contribution in [0.3, 0.4) is 0 Å². The summed E-state index contributed by atoms with van der Waals surface area (Å²) < 4.78 is 2.30. The van der Waals surface area contributed by atoms with Gasteiger partial charge in [-0.15, -0.1) is 0 Å². The van der Waals surface area contributed by atoms with Crippen molar-refractivity contribution < 1.29 is 19.4 Å². The second-order valence-corrected chi connectivity index (χ2v) is 6.09. The summed E-state index contributed by atoms with van der Waals surface area (Å²) in [6, 6.07) is 0. The third kappa shape index (κ3) is 12.6. The van der Waals surface area contributed by atoms with E-state index in [0.717, 1.165) is 5.92 Å². The van der Waals surface area contributed by atoms with Crippen molar-refractivity contribution in [2.24, 2.45) is 5.92 Å². The fraction of sp³-hybridized carbons (Fsp3) is 0.611. The number of rotatable bonds is 11. The Bertz CT molecular complexity index is 297. The van der Waals surface area contributed by atoms with Crippen LogP contribution in [-0.4, -0.2) is 4.40 Å². The Hall–Kier alpha value is -0.222. The Morgan fingerprint density at radius 2 is 1.84 bits per heavy atom. The summed E-state index contributed by atoms with van der Waals surface area (Å²) in [5, 5.41) is 0. The van der Waals surface area contributed by atoms with Crippen LogP contribution in [0.4, 0.5) is 0 Å². The van der Waals surface area contributed by atoms with E-state index >= 15 is 0 Å². The SMILES string of the molecule is CCCC/C([CH]=[W])=C/C=CC=CCCC(C)CCC. The first-order chi connectivity index (χ1) is 9.24. The predicted molar refractivity (Wildman–Crippen MR) is 85.3 cm³/mol.